The number of nitrogens with zero attached hydrogens (tertiary/aromatic N) is 1. The number of hydrogen-bond acceptors (Lipinski definition) is 6. The smallest absolute Gasteiger partial charge is 0.341 e. The minimum atomic E-state index is -0.330. The monoisotopic (exact) mass is 378 g/mol. The van der Waals surface area contributed by atoms with Crippen LogP contribution in [0.3, 0.4) is 0 Å². The van der Waals surface area contributed by atoms with Gasteiger partial charge in [-0.1, -0.05) is 0 Å². The summed E-state index contributed by atoms with van der Waals surface area (Å²) in [7, 11) is 1.91. The van der Waals surface area contributed by atoms with Crippen LogP contribution in [0.25, 0.3) is 0 Å². The van der Waals surface area contributed by atoms with Gasteiger partial charge in [0.05, 0.1) is 18.7 Å². The number of hydrogen-bond donors (Lipinski definition) is 1. The maximum Gasteiger partial charge on any atom is 0.341 e. The number of rotatable bonds is 7. The molecule has 0 fully saturated rings. The summed E-state index contributed by atoms with van der Waals surface area (Å²) < 4.78 is 5.19. The Kier molecular flexibility index (Phi) is 5.88. The van der Waals surface area contributed by atoms with Crippen molar-refractivity contribution in [1.82, 2.24) is 4.90 Å². The molecule has 134 valence electrons. The van der Waals surface area contributed by atoms with E-state index < -0.39 is 0 Å². The van der Waals surface area contributed by atoms with Gasteiger partial charge < -0.3 is 10.1 Å². The van der Waals surface area contributed by atoms with Crippen molar-refractivity contribution in [1.29, 1.82) is 0 Å². The van der Waals surface area contributed by atoms with E-state index in [1.807, 2.05) is 17.3 Å². The van der Waals surface area contributed by atoms with E-state index >= 15 is 0 Å². The van der Waals surface area contributed by atoms with Crippen molar-refractivity contribution in [3.63, 3.8) is 0 Å². The topological polar surface area (TPSA) is 58.6 Å². The van der Waals surface area contributed by atoms with Gasteiger partial charge in [0.1, 0.15) is 5.00 Å². The van der Waals surface area contributed by atoms with Gasteiger partial charge >= 0.3 is 5.97 Å². The van der Waals surface area contributed by atoms with E-state index in [4.69, 9.17) is 4.74 Å². The van der Waals surface area contributed by atoms with Crippen LogP contribution >= 0.6 is 22.7 Å². The van der Waals surface area contributed by atoms with Crippen LogP contribution in [0, 0.1) is 0 Å². The lowest BCUT2D eigenvalue weighted by Crippen LogP contribution is -2.30. The van der Waals surface area contributed by atoms with Crippen molar-refractivity contribution in [2.75, 3.05) is 25.5 Å². The highest BCUT2D eigenvalue weighted by Gasteiger charge is 2.28. The number of likely N-dealkylation sites (N-methyl/N-ethyl adjacent to an activating group) is 1. The van der Waals surface area contributed by atoms with Gasteiger partial charge in [-0.3, -0.25) is 9.69 Å². The van der Waals surface area contributed by atoms with E-state index in [1.165, 1.54) is 21.8 Å². The largest absolute Gasteiger partial charge is 0.462 e. The summed E-state index contributed by atoms with van der Waals surface area (Å²) in [4.78, 5) is 27.9. The zero-order chi connectivity index (χ0) is 17.8. The number of ether oxygens (including phenoxy) is 1. The van der Waals surface area contributed by atoms with Crippen molar-refractivity contribution in [3.05, 3.63) is 38.4 Å². The Bertz CT molecular complexity index is 753. The van der Waals surface area contributed by atoms with Gasteiger partial charge in [0.15, 0.2) is 0 Å². The van der Waals surface area contributed by atoms with E-state index in [0.29, 0.717) is 17.2 Å². The third kappa shape index (κ3) is 4.29. The van der Waals surface area contributed by atoms with E-state index in [2.05, 4.69) is 16.8 Å². The van der Waals surface area contributed by atoms with Crippen molar-refractivity contribution in [2.45, 2.75) is 32.7 Å². The van der Waals surface area contributed by atoms with E-state index in [-0.39, 0.29) is 18.4 Å². The van der Waals surface area contributed by atoms with Crippen molar-refractivity contribution in [2.24, 2.45) is 0 Å². The number of amides is 1. The summed E-state index contributed by atoms with van der Waals surface area (Å²) in [5.74, 6) is -0.438. The average molecular weight is 379 g/mol. The van der Waals surface area contributed by atoms with Crippen LogP contribution in [0.5, 0.6) is 0 Å². The van der Waals surface area contributed by atoms with Gasteiger partial charge in [0.25, 0.3) is 0 Å². The lowest BCUT2D eigenvalue weighted by Gasteiger charge is -2.15. The number of carbonyl (C=O) groups is 2. The molecule has 2 heterocycles. The van der Waals surface area contributed by atoms with Gasteiger partial charge in [0, 0.05) is 11.4 Å². The fourth-order valence-electron chi connectivity index (χ4n) is 3.07. The summed E-state index contributed by atoms with van der Waals surface area (Å²) in [5.41, 5.74) is 2.82. The highest BCUT2D eigenvalue weighted by atomic mass is 32.1. The molecule has 1 N–H and O–H groups in total. The molecule has 0 unspecified atom stereocenters. The number of fused-ring (bicyclic) bond motifs is 1. The van der Waals surface area contributed by atoms with Gasteiger partial charge in [-0.25, -0.2) is 4.79 Å². The first-order valence-corrected chi connectivity index (χ1v) is 10.2. The Morgan fingerprint density at radius 2 is 2.20 bits per heavy atom. The van der Waals surface area contributed by atoms with Crippen LogP contribution in [0.2, 0.25) is 0 Å². The normalized spacial score (nSPS) is 13.1. The molecule has 7 heteroatoms. The highest BCUT2D eigenvalue weighted by Crippen LogP contribution is 2.39. The number of nitrogens with one attached hydrogen (secondary N) is 1. The van der Waals surface area contributed by atoms with Crippen molar-refractivity contribution in [3.8, 4) is 0 Å². The van der Waals surface area contributed by atoms with Crippen LogP contribution in [0.15, 0.2) is 16.8 Å². The van der Waals surface area contributed by atoms with Crippen molar-refractivity contribution >= 4 is 39.6 Å². The van der Waals surface area contributed by atoms with E-state index in [0.717, 1.165) is 31.4 Å². The molecular weight excluding hydrogens is 356 g/mol. The van der Waals surface area contributed by atoms with Gasteiger partial charge in [-0.2, -0.15) is 11.3 Å². The standard InChI is InChI=1S/C18H22N2O3S2/c1-3-23-18(22)16-13-5-4-6-14(13)25-17(16)19-15(21)10-20(2)9-12-7-8-24-11-12/h7-8,11H,3-6,9-10H2,1-2H3,(H,19,21). The molecule has 0 saturated carbocycles. The Balaban J connectivity index is 1.67. The highest BCUT2D eigenvalue weighted by molar-refractivity contribution is 7.17. The lowest BCUT2D eigenvalue weighted by molar-refractivity contribution is -0.117. The zero-order valence-corrected chi connectivity index (χ0v) is 16.1. The number of aryl methyl sites for hydroxylation is 1. The molecule has 1 aliphatic carbocycles. The first kappa shape index (κ1) is 18.1. The number of esters is 1. The quantitative estimate of drug-likeness (QED) is 0.749. The molecule has 0 bridgehead atoms. The SMILES string of the molecule is CCOC(=O)c1c(NC(=O)CN(C)Cc2ccsc2)sc2c1CCC2. The maximum absolute atomic E-state index is 12.4. The van der Waals surface area contributed by atoms with Gasteiger partial charge in [-0.15, -0.1) is 11.3 Å². The molecule has 1 aliphatic rings. The molecule has 3 rings (SSSR count). The predicted octanol–water partition coefficient (Wildman–Crippen LogP) is 3.55. The van der Waals surface area contributed by atoms with Crippen LogP contribution in [0.4, 0.5) is 5.00 Å². The molecule has 0 atom stereocenters. The minimum Gasteiger partial charge on any atom is -0.462 e. The molecule has 0 aromatic carbocycles. The third-order valence-electron chi connectivity index (χ3n) is 4.10. The number of thiophene rings is 2. The van der Waals surface area contributed by atoms with E-state index in [1.54, 1.807) is 18.3 Å². The van der Waals surface area contributed by atoms with Gasteiger partial charge in [-0.05, 0) is 61.2 Å². The molecule has 2 aromatic heterocycles. The first-order chi connectivity index (χ1) is 12.1. The lowest BCUT2D eigenvalue weighted by atomic mass is 10.1. The van der Waals surface area contributed by atoms with Crippen LogP contribution < -0.4 is 5.32 Å². The first-order valence-electron chi connectivity index (χ1n) is 8.39. The summed E-state index contributed by atoms with van der Waals surface area (Å²) >= 11 is 3.16. The Labute approximate surface area is 155 Å². The molecule has 0 radical (unpaired) electrons. The molecule has 2 aromatic rings. The third-order valence-corrected chi connectivity index (χ3v) is 6.04. The average Bonchev–Trinajstić information content (AvgIpc) is 3.24. The predicted molar refractivity (Wildman–Crippen MR) is 102 cm³/mol. The molecule has 1 amide bonds. The molecule has 5 nitrogen and oxygen atoms in total. The van der Waals surface area contributed by atoms with E-state index in [9.17, 15) is 9.59 Å². The maximum atomic E-state index is 12.4. The summed E-state index contributed by atoms with van der Waals surface area (Å²) in [6.07, 6.45) is 2.92. The summed E-state index contributed by atoms with van der Waals surface area (Å²) in [6.45, 7) is 3.13. The Morgan fingerprint density at radius 3 is 2.92 bits per heavy atom. The number of carbonyl (C=O) groups excluding carboxylic acids is 2. The van der Waals surface area contributed by atoms with Crippen LogP contribution in [-0.4, -0.2) is 37.0 Å². The molecule has 0 spiro atoms. The second-order valence-electron chi connectivity index (χ2n) is 6.13. The Morgan fingerprint density at radius 1 is 1.36 bits per heavy atom. The van der Waals surface area contributed by atoms with Gasteiger partial charge in [0.2, 0.25) is 5.91 Å². The fourth-order valence-corrected chi connectivity index (χ4v) is 5.03. The molecular formula is C18H22N2O3S2. The zero-order valence-electron chi connectivity index (χ0n) is 14.5. The van der Waals surface area contributed by atoms with Crippen LogP contribution in [-0.2, 0) is 28.9 Å². The minimum absolute atomic E-state index is 0.108. The summed E-state index contributed by atoms with van der Waals surface area (Å²) in [5, 5.41) is 7.68. The molecule has 0 aliphatic heterocycles. The number of anilines is 1. The summed E-state index contributed by atoms with van der Waals surface area (Å²) in [6, 6.07) is 2.06. The second kappa shape index (κ2) is 8.12. The molecule has 25 heavy (non-hydrogen) atoms. The van der Waals surface area contributed by atoms with Crippen molar-refractivity contribution < 1.29 is 14.3 Å². The molecule has 0 saturated heterocycles. The Hall–Kier alpha value is -1.70. The van der Waals surface area contributed by atoms with Crippen LogP contribution in [0.1, 0.15) is 39.7 Å². The fraction of sp³-hybridized carbons (Fsp3) is 0.444. The second-order valence-corrected chi connectivity index (χ2v) is 8.02.